The van der Waals surface area contributed by atoms with E-state index < -0.39 is 0 Å². The van der Waals surface area contributed by atoms with Crippen molar-refractivity contribution in [3.8, 4) is 0 Å². The predicted molar refractivity (Wildman–Crippen MR) is 180 cm³/mol. The van der Waals surface area contributed by atoms with Gasteiger partial charge < -0.3 is 0 Å². The van der Waals surface area contributed by atoms with Crippen molar-refractivity contribution in [1.29, 1.82) is 0 Å². The summed E-state index contributed by atoms with van der Waals surface area (Å²) in [4.78, 5) is 0. The molecular formula is C41H52. The zero-order chi connectivity index (χ0) is 28.8. The summed E-state index contributed by atoms with van der Waals surface area (Å²) in [6.45, 7) is 17.9. The van der Waals surface area contributed by atoms with Crippen LogP contribution in [0.2, 0.25) is 0 Å². The lowest BCUT2D eigenvalue weighted by Gasteiger charge is -2.25. The number of hydrogen-bond acceptors (Lipinski definition) is 0. The maximum absolute atomic E-state index is 4.68. The minimum Gasteiger partial charge on any atom is -0.0955 e. The van der Waals surface area contributed by atoms with Crippen LogP contribution in [0.1, 0.15) is 121 Å². The normalized spacial score (nSPS) is 23.7. The molecule has 0 saturated heterocycles. The zero-order valence-electron chi connectivity index (χ0n) is 25.9. The third-order valence-corrected chi connectivity index (χ3v) is 10.4. The topological polar surface area (TPSA) is 0 Å². The van der Waals surface area contributed by atoms with Gasteiger partial charge in [-0.25, -0.2) is 0 Å². The molecule has 0 heterocycles. The van der Waals surface area contributed by atoms with E-state index in [0.29, 0.717) is 5.92 Å². The van der Waals surface area contributed by atoms with Crippen molar-refractivity contribution in [2.45, 2.75) is 110 Å². The van der Waals surface area contributed by atoms with Crippen LogP contribution >= 0.6 is 0 Å². The summed E-state index contributed by atoms with van der Waals surface area (Å²) >= 11 is 0. The Morgan fingerprint density at radius 1 is 1.00 bits per heavy atom. The van der Waals surface area contributed by atoms with Gasteiger partial charge in [0.15, 0.2) is 0 Å². The van der Waals surface area contributed by atoms with Crippen LogP contribution in [0.3, 0.4) is 0 Å². The molecule has 0 heteroatoms. The van der Waals surface area contributed by atoms with Crippen LogP contribution in [0.15, 0.2) is 113 Å². The lowest BCUT2D eigenvalue weighted by atomic mass is 9.80. The lowest BCUT2D eigenvalue weighted by Crippen LogP contribution is -2.09. The molecule has 0 nitrogen and oxygen atoms in total. The molecule has 2 atom stereocenters. The Morgan fingerprint density at radius 2 is 1.78 bits per heavy atom. The Kier molecular flexibility index (Phi) is 10.0. The minimum absolute atomic E-state index is 0.518. The van der Waals surface area contributed by atoms with Gasteiger partial charge in [-0.3, -0.25) is 0 Å². The molecule has 1 aromatic rings. The van der Waals surface area contributed by atoms with Crippen LogP contribution in [0.25, 0.3) is 5.57 Å². The van der Waals surface area contributed by atoms with Gasteiger partial charge >= 0.3 is 0 Å². The van der Waals surface area contributed by atoms with E-state index in [1.165, 1.54) is 115 Å². The summed E-state index contributed by atoms with van der Waals surface area (Å²) in [6.07, 6.45) is 29.3. The Bertz CT molecular complexity index is 1290. The number of allylic oxidation sites excluding steroid dienone is 13. The number of rotatable bonds is 10. The molecule has 5 rings (SSSR count). The van der Waals surface area contributed by atoms with Gasteiger partial charge in [0.25, 0.3) is 0 Å². The van der Waals surface area contributed by atoms with Gasteiger partial charge in [-0.1, -0.05) is 137 Å². The fourth-order valence-electron chi connectivity index (χ4n) is 7.40. The summed E-state index contributed by atoms with van der Waals surface area (Å²) in [6, 6.07) is 9.44. The maximum atomic E-state index is 4.68. The molecule has 1 aromatic carbocycles. The molecule has 0 unspecified atom stereocenters. The van der Waals surface area contributed by atoms with Crippen molar-refractivity contribution in [2.24, 2.45) is 11.8 Å². The van der Waals surface area contributed by atoms with Gasteiger partial charge in [-0.2, -0.15) is 0 Å². The average Bonchev–Trinajstić information content (AvgIpc) is 3.37. The summed E-state index contributed by atoms with van der Waals surface area (Å²) < 4.78 is 0. The molecule has 41 heavy (non-hydrogen) atoms. The number of hydrogen-bond donors (Lipinski definition) is 0. The highest BCUT2D eigenvalue weighted by molar-refractivity contribution is 5.76. The van der Waals surface area contributed by atoms with E-state index in [1.54, 1.807) is 11.1 Å². The summed E-state index contributed by atoms with van der Waals surface area (Å²) in [5, 5.41) is 0. The number of benzene rings is 1. The van der Waals surface area contributed by atoms with E-state index in [2.05, 4.69) is 88.2 Å². The van der Waals surface area contributed by atoms with E-state index >= 15 is 0 Å². The van der Waals surface area contributed by atoms with E-state index in [1.807, 2.05) is 0 Å². The molecule has 4 aliphatic carbocycles. The highest BCUT2D eigenvalue weighted by atomic mass is 14.3. The van der Waals surface area contributed by atoms with Crippen LogP contribution in [0.4, 0.5) is 0 Å². The van der Waals surface area contributed by atoms with Gasteiger partial charge in [-0.15, -0.1) is 0 Å². The maximum Gasteiger partial charge on any atom is -0.00230 e. The summed E-state index contributed by atoms with van der Waals surface area (Å²) in [5.74, 6) is 2.26. The van der Waals surface area contributed by atoms with Crippen molar-refractivity contribution in [3.63, 3.8) is 0 Å². The molecule has 0 N–H and O–H groups in total. The first kappa shape index (κ1) is 29.6. The molecule has 0 aliphatic heterocycles. The Balaban J connectivity index is 1.32. The second-order valence-corrected chi connectivity index (χ2v) is 13.4. The molecule has 0 spiro atoms. The van der Waals surface area contributed by atoms with Crippen LogP contribution < -0.4 is 0 Å². The van der Waals surface area contributed by atoms with E-state index in [4.69, 9.17) is 0 Å². The van der Waals surface area contributed by atoms with E-state index in [-0.39, 0.29) is 0 Å². The first-order valence-corrected chi connectivity index (χ1v) is 16.5. The van der Waals surface area contributed by atoms with Gasteiger partial charge in [0.1, 0.15) is 0 Å². The lowest BCUT2D eigenvalue weighted by molar-refractivity contribution is 0.323. The van der Waals surface area contributed by atoms with E-state index in [9.17, 15) is 0 Å². The molecule has 216 valence electrons. The highest BCUT2D eigenvalue weighted by Crippen LogP contribution is 2.41. The molecule has 0 aromatic heterocycles. The Morgan fingerprint density at radius 3 is 2.49 bits per heavy atom. The van der Waals surface area contributed by atoms with Crippen molar-refractivity contribution in [1.82, 2.24) is 0 Å². The molecular weight excluding hydrogens is 492 g/mol. The quantitative estimate of drug-likeness (QED) is 0.275. The van der Waals surface area contributed by atoms with Crippen molar-refractivity contribution >= 4 is 5.57 Å². The standard InChI is InChI=1S/C41H52/c1-6-33-15-14-30(3)40(26-33)28-41-27-39(25-32(41)5)31(4)24-38(19-16-34-10-8-7-9-11-34)37-22-20-36(21-23-37)35-17-12-29(2)13-18-35/h12,17-18,20-23,27-28,33-34,38H,2,4-11,13-16,19,24-26H2,1,3H3/b41-28-/t33-,38-/m0/s1. The summed E-state index contributed by atoms with van der Waals surface area (Å²) in [5.41, 5.74) is 13.7. The predicted octanol–water partition coefficient (Wildman–Crippen LogP) is 12.3. The van der Waals surface area contributed by atoms with Crippen molar-refractivity contribution < 1.29 is 0 Å². The smallest absolute Gasteiger partial charge is 0.00230 e. The Labute approximate surface area is 251 Å². The third-order valence-electron chi connectivity index (χ3n) is 10.4. The van der Waals surface area contributed by atoms with Crippen LogP contribution in [0.5, 0.6) is 0 Å². The Hall–Kier alpha value is -2.86. The molecule has 0 bridgehead atoms. The SMILES string of the molecule is C=C1C=CC(c2ccc([C@@H](CCC3CCCCC3)CC(=C)C3=C/C(=C/C4=C(C)CC[C@H](CC)C4)C(=C)C3)cc2)=CC1. The van der Waals surface area contributed by atoms with Crippen LogP contribution in [-0.4, -0.2) is 0 Å². The van der Waals surface area contributed by atoms with E-state index in [0.717, 1.165) is 31.1 Å². The molecule has 1 saturated carbocycles. The third kappa shape index (κ3) is 7.71. The fraction of sp³-hybridized carbons (Fsp3) is 0.463. The van der Waals surface area contributed by atoms with Crippen LogP contribution in [0, 0.1) is 11.8 Å². The molecule has 0 radical (unpaired) electrons. The first-order valence-electron chi connectivity index (χ1n) is 16.5. The van der Waals surface area contributed by atoms with Gasteiger partial charge in [-0.05, 0) is 115 Å². The van der Waals surface area contributed by atoms with Crippen molar-refractivity contribution in [2.75, 3.05) is 0 Å². The average molecular weight is 545 g/mol. The van der Waals surface area contributed by atoms with Gasteiger partial charge in [0, 0.05) is 0 Å². The highest BCUT2D eigenvalue weighted by Gasteiger charge is 2.23. The van der Waals surface area contributed by atoms with Gasteiger partial charge in [0.05, 0.1) is 0 Å². The fourth-order valence-corrected chi connectivity index (χ4v) is 7.40. The van der Waals surface area contributed by atoms with Crippen molar-refractivity contribution in [3.05, 3.63) is 125 Å². The molecule has 4 aliphatic rings. The largest absolute Gasteiger partial charge is 0.0955 e. The minimum atomic E-state index is 0.518. The molecule has 1 fully saturated rings. The summed E-state index contributed by atoms with van der Waals surface area (Å²) in [7, 11) is 0. The van der Waals surface area contributed by atoms with Crippen LogP contribution in [-0.2, 0) is 0 Å². The monoisotopic (exact) mass is 544 g/mol. The first-order chi connectivity index (χ1) is 19.9. The molecule has 0 amide bonds. The van der Waals surface area contributed by atoms with Gasteiger partial charge in [0.2, 0.25) is 0 Å². The second kappa shape index (κ2) is 13.9. The zero-order valence-corrected chi connectivity index (χ0v) is 25.9. The second-order valence-electron chi connectivity index (χ2n) is 13.4.